The standard InChI is InChI=1S/C12H24O3Si/c1-13-16(14-2,15-3)9-8-12-6-4-11(10-12)5-7-12/h11H,4-10H2,1-3H3. The van der Waals surface area contributed by atoms with Crippen molar-refractivity contribution in [2.75, 3.05) is 21.3 Å². The molecule has 0 aliphatic heterocycles. The first kappa shape index (κ1) is 12.6. The van der Waals surface area contributed by atoms with Crippen LogP contribution in [0.4, 0.5) is 0 Å². The summed E-state index contributed by atoms with van der Waals surface area (Å²) in [6.07, 6.45) is 8.39. The molecular formula is C12H24O3Si. The summed E-state index contributed by atoms with van der Waals surface area (Å²) in [7, 11) is 2.80. The predicted molar refractivity (Wildman–Crippen MR) is 65.2 cm³/mol. The van der Waals surface area contributed by atoms with E-state index in [9.17, 15) is 0 Å². The molecule has 0 spiro atoms. The first-order valence-corrected chi connectivity index (χ1v) is 8.26. The van der Waals surface area contributed by atoms with Crippen molar-refractivity contribution in [1.82, 2.24) is 0 Å². The Morgan fingerprint density at radius 2 is 1.62 bits per heavy atom. The number of hydrogen-bond acceptors (Lipinski definition) is 3. The largest absolute Gasteiger partial charge is 0.500 e. The maximum atomic E-state index is 5.49. The second-order valence-corrected chi connectivity index (χ2v) is 8.53. The molecule has 0 aromatic rings. The van der Waals surface area contributed by atoms with Crippen LogP contribution in [0.1, 0.15) is 38.5 Å². The fraction of sp³-hybridized carbons (Fsp3) is 1.00. The van der Waals surface area contributed by atoms with Crippen LogP contribution in [0.15, 0.2) is 0 Å². The molecule has 0 aromatic heterocycles. The van der Waals surface area contributed by atoms with Gasteiger partial charge in [-0.3, -0.25) is 0 Å². The molecule has 0 radical (unpaired) electrons. The van der Waals surface area contributed by atoms with Gasteiger partial charge in [0.25, 0.3) is 0 Å². The van der Waals surface area contributed by atoms with Crippen molar-refractivity contribution >= 4 is 8.80 Å². The van der Waals surface area contributed by atoms with Gasteiger partial charge < -0.3 is 13.3 Å². The van der Waals surface area contributed by atoms with Crippen molar-refractivity contribution in [3.8, 4) is 0 Å². The van der Waals surface area contributed by atoms with Gasteiger partial charge in [0.15, 0.2) is 0 Å². The molecule has 2 fully saturated rings. The average molecular weight is 244 g/mol. The van der Waals surface area contributed by atoms with Crippen molar-refractivity contribution in [2.24, 2.45) is 11.3 Å². The second-order valence-electron chi connectivity index (χ2n) is 5.44. The first-order valence-electron chi connectivity index (χ1n) is 6.33. The Bertz CT molecular complexity index is 222. The summed E-state index contributed by atoms with van der Waals surface area (Å²) in [5, 5.41) is 0. The highest BCUT2D eigenvalue weighted by molar-refractivity contribution is 6.60. The van der Waals surface area contributed by atoms with Crippen LogP contribution < -0.4 is 0 Å². The Morgan fingerprint density at radius 1 is 1.06 bits per heavy atom. The molecule has 2 bridgehead atoms. The van der Waals surface area contributed by atoms with Crippen molar-refractivity contribution in [1.29, 1.82) is 0 Å². The van der Waals surface area contributed by atoms with Gasteiger partial charge in [-0.25, -0.2) is 0 Å². The lowest BCUT2D eigenvalue weighted by Crippen LogP contribution is -2.43. The highest BCUT2D eigenvalue weighted by Gasteiger charge is 2.47. The van der Waals surface area contributed by atoms with Crippen LogP contribution in [0.25, 0.3) is 0 Å². The molecule has 0 atom stereocenters. The molecule has 0 unspecified atom stereocenters. The highest BCUT2D eigenvalue weighted by atomic mass is 28.4. The van der Waals surface area contributed by atoms with Crippen LogP contribution in [-0.4, -0.2) is 30.1 Å². The topological polar surface area (TPSA) is 27.7 Å². The molecule has 16 heavy (non-hydrogen) atoms. The van der Waals surface area contributed by atoms with Gasteiger partial charge in [0, 0.05) is 27.4 Å². The maximum absolute atomic E-state index is 5.49. The van der Waals surface area contributed by atoms with Gasteiger partial charge in [-0.2, -0.15) is 0 Å². The highest BCUT2D eigenvalue weighted by Crippen LogP contribution is 2.57. The van der Waals surface area contributed by atoms with Crippen LogP contribution in [0, 0.1) is 11.3 Å². The molecule has 0 N–H and O–H groups in total. The lowest BCUT2D eigenvalue weighted by molar-refractivity contribution is 0.116. The maximum Gasteiger partial charge on any atom is 0.500 e. The summed E-state index contributed by atoms with van der Waals surface area (Å²) < 4.78 is 16.5. The Hall–Kier alpha value is 0.0969. The summed E-state index contributed by atoms with van der Waals surface area (Å²) >= 11 is 0. The fourth-order valence-electron chi connectivity index (χ4n) is 3.64. The van der Waals surface area contributed by atoms with Gasteiger partial charge in [-0.1, -0.05) is 0 Å². The molecular weight excluding hydrogens is 220 g/mol. The molecule has 0 saturated heterocycles. The van der Waals surface area contributed by atoms with E-state index in [2.05, 4.69) is 0 Å². The minimum Gasteiger partial charge on any atom is -0.377 e. The van der Waals surface area contributed by atoms with Crippen molar-refractivity contribution < 1.29 is 13.3 Å². The Labute approximate surface area is 99.8 Å². The molecule has 3 nitrogen and oxygen atoms in total. The summed E-state index contributed by atoms with van der Waals surface area (Å²) in [5.41, 5.74) is 0.610. The molecule has 94 valence electrons. The zero-order chi connectivity index (χ0) is 11.6. The van der Waals surface area contributed by atoms with Crippen LogP contribution in [0.5, 0.6) is 0 Å². The zero-order valence-electron chi connectivity index (χ0n) is 10.8. The van der Waals surface area contributed by atoms with E-state index in [0.717, 1.165) is 12.0 Å². The molecule has 0 heterocycles. The van der Waals surface area contributed by atoms with E-state index < -0.39 is 8.80 Å². The predicted octanol–water partition coefficient (Wildman–Crippen LogP) is 2.83. The van der Waals surface area contributed by atoms with Crippen molar-refractivity contribution in [3.63, 3.8) is 0 Å². The minimum atomic E-state index is -2.33. The number of fused-ring (bicyclic) bond motifs is 2. The van der Waals surface area contributed by atoms with E-state index in [4.69, 9.17) is 13.3 Å². The molecule has 0 amide bonds. The van der Waals surface area contributed by atoms with Crippen LogP contribution >= 0.6 is 0 Å². The fourth-order valence-corrected chi connectivity index (χ4v) is 5.59. The lowest BCUT2D eigenvalue weighted by Gasteiger charge is -2.31. The monoisotopic (exact) mass is 244 g/mol. The summed E-state index contributed by atoms with van der Waals surface area (Å²) in [4.78, 5) is 0. The van der Waals surface area contributed by atoms with E-state index in [0.29, 0.717) is 5.41 Å². The van der Waals surface area contributed by atoms with Crippen LogP contribution in [0.3, 0.4) is 0 Å². The normalized spacial score (nSPS) is 33.6. The van der Waals surface area contributed by atoms with Gasteiger partial charge in [0.05, 0.1) is 0 Å². The number of hydrogen-bond donors (Lipinski definition) is 0. The zero-order valence-corrected chi connectivity index (χ0v) is 11.8. The third-order valence-electron chi connectivity index (χ3n) is 4.78. The first-order chi connectivity index (χ1) is 7.67. The molecule has 2 aliphatic carbocycles. The average Bonchev–Trinajstić information content (AvgIpc) is 2.92. The molecule has 4 heteroatoms. The third kappa shape index (κ3) is 2.21. The summed E-state index contributed by atoms with van der Waals surface area (Å²) in [5.74, 6) is 1.02. The van der Waals surface area contributed by atoms with Gasteiger partial charge >= 0.3 is 8.80 Å². The summed E-state index contributed by atoms with van der Waals surface area (Å²) in [6.45, 7) is 0. The van der Waals surface area contributed by atoms with E-state index in [1.54, 1.807) is 21.3 Å². The molecule has 2 rings (SSSR count). The second kappa shape index (κ2) is 4.76. The number of rotatable bonds is 6. The van der Waals surface area contributed by atoms with Crippen LogP contribution in [-0.2, 0) is 13.3 Å². The van der Waals surface area contributed by atoms with E-state index in [1.165, 1.54) is 38.5 Å². The van der Waals surface area contributed by atoms with E-state index in [1.807, 2.05) is 0 Å². The SMILES string of the molecule is CO[Si](CCC12CCC(CC1)C2)(OC)OC. The van der Waals surface area contributed by atoms with Gasteiger partial charge in [0.2, 0.25) is 0 Å². The third-order valence-corrected chi connectivity index (χ3v) is 7.51. The van der Waals surface area contributed by atoms with E-state index >= 15 is 0 Å². The van der Waals surface area contributed by atoms with E-state index in [-0.39, 0.29) is 0 Å². The lowest BCUT2D eigenvalue weighted by atomic mass is 9.82. The Kier molecular flexibility index (Phi) is 3.74. The Morgan fingerprint density at radius 3 is 2.00 bits per heavy atom. The summed E-state index contributed by atoms with van der Waals surface area (Å²) in [6, 6.07) is 0.975. The molecule has 2 saturated carbocycles. The van der Waals surface area contributed by atoms with Gasteiger partial charge in [-0.05, 0) is 49.9 Å². The molecule has 2 aliphatic rings. The van der Waals surface area contributed by atoms with Gasteiger partial charge in [-0.15, -0.1) is 0 Å². The van der Waals surface area contributed by atoms with Crippen molar-refractivity contribution in [3.05, 3.63) is 0 Å². The van der Waals surface area contributed by atoms with Gasteiger partial charge in [0.1, 0.15) is 0 Å². The van der Waals surface area contributed by atoms with Crippen LogP contribution in [0.2, 0.25) is 6.04 Å². The van der Waals surface area contributed by atoms with Crippen molar-refractivity contribution in [2.45, 2.75) is 44.6 Å². The smallest absolute Gasteiger partial charge is 0.377 e. The minimum absolute atomic E-state index is 0.610. The molecule has 0 aromatic carbocycles. The quantitative estimate of drug-likeness (QED) is 0.672. The Balaban J connectivity index is 1.90.